The van der Waals surface area contributed by atoms with Gasteiger partial charge >= 0.3 is 0 Å². The molecule has 0 aliphatic heterocycles. The van der Waals surface area contributed by atoms with Gasteiger partial charge in [0.05, 0.1) is 6.04 Å². The maximum atomic E-state index is 11.2. The molecule has 0 N–H and O–H groups in total. The predicted octanol–water partition coefficient (Wildman–Crippen LogP) is 0.688. The first-order chi connectivity index (χ1) is 5.00. The van der Waals surface area contributed by atoms with Crippen LogP contribution in [0.1, 0.15) is 20.8 Å². The molecule has 64 valence electrons. The lowest BCUT2D eigenvalue weighted by Crippen LogP contribution is -2.38. The van der Waals surface area contributed by atoms with Crippen molar-refractivity contribution in [1.82, 2.24) is 4.90 Å². The molecule has 0 aromatic heterocycles. The van der Waals surface area contributed by atoms with E-state index in [9.17, 15) is 9.59 Å². The fraction of sp³-hybridized carbons (Fsp3) is 0.750. The molecule has 0 unspecified atom stereocenters. The molecule has 0 heterocycles. The summed E-state index contributed by atoms with van der Waals surface area (Å²) in [6, 6.07) is -0.315. The predicted molar refractivity (Wildman–Crippen MR) is 43.1 cm³/mol. The summed E-state index contributed by atoms with van der Waals surface area (Å²) in [6.45, 7) is 5.33. The lowest BCUT2D eigenvalue weighted by molar-refractivity contribution is -0.137. The Hall–Kier alpha value is -0.860. The highest BCUT2D eigenvalue weighted by atomic mass is 16.2. The van der Waals surface area contributed by atoms with Crippen molar-refractivity contribution in [3.05, 3.63) is 0 Å². The van der Waals surface area contributed by atoms with E-state index in [1.54, 1.807) is 14.0 Å². The van der Waals surface area contributed by atoms with Crippen LogP contribution in [0, 0.1) is 5.92 Å². The Labute approximate surface area is 67.4 Å². The number of nitrogens with zero attached hydrogens (tertiary/aromatic N) is 1. The van der Waals surface area contributed by atoms with Gasteiger partial charge in [-0.3, -0.25) is 4.79 Å². The molecule has 0 saturated heterocycles. The van der Waals surface area contributed by atoms with E-state index < -0.39 is 0 Å². The van der Waals surface area contributed by atoms with E-state index in [0.717, 1.165) is 6.29 Å². The normalized spacial score (nSPS) is 12.8. The molecule has 0 spiro atoms. The second-order valence-electron chi connectivity index (χ2n) is 2.98. The van der Waals surface area contributed by atoms with Crippen LogP contribution in [0.15, 0.2) is 0 Å². The SMILES string of the molecule is CC(C)C(=O)N(C)[C@@H](C)C=O. The van der Waals surface area contributed by atoms with Gasteiger partial charge in [-0.15, -0.1) is 0 Å². The molecule has 1 atom stereocenters. The first kappa shape index (κ1) is 10.1. The third kappa shape index (κ3) is 2.70. The highest BCUT2D eigenvalue weighted by Gasteiger charge is 2.17. The van der Waals surface area contributed by atoms with Crippen LogP contribution in [-0.2, 0) is 9.59 Å². The Kier molecular flexibility index (Phi) is 3.79. The van der Waals surface area contributed by atoms with Crippen LogP contribution in [0.2, 0.25) is 0 Å². The first-order valence-corrected chi connectivity index (χ1v) is 3.72. The van der Waals surface area contributed by atoms with Gasteiger partial charge < -0.3 is 9.69 Å². The molecule has 0 aromatic carbocycles. The van der Waals surface area contributed by atoms with Crippen molar-refractivity contribution in [2.75, 3.05) is 7.05 Å². The van der Waals surface area contributed by atoms with Crippen molar-refractivity contribution >= 4 is 12.2 Å². The van der Waals surface area contributed by atoms with Gasteiger partial charge in [-0.2, -0.15) is 0 Å². The van der Waals surface area contributed by atoms with Crippen molar-refractivity contribution in [1.29, 1.82) is 0 Å². The van der Waals surface area contributed by atoms with E-state index in [0.29, 0.717) is 0 Å². The number of hydrogen-bond donors (Lipinski definition) is 0. The number of aldehydes is 1. The Balaban J connectivity index is 4.12. The molecule has 0 radical (unpaired) electrons. The van der Waals surface area contributed by atoms with Gasteiger partial charge in [-0.25, -0.2) is 0 Å². The van der Waals surface area contributed by atoms with E-state index in [4.69, 9.17) is 0 Å². The van der Waals surface area contributed by atoms with E-state index in [1.165, 1.54) is 4.90 Å². The molecular formula is C8H15NO2. The van der Waals surface area contributed by atoms with Crippen LogP contribution in [0.4, 0.5) is 0 Å². The summed E-state index contributed by atoms with van der Waals surface area (Å²) < 4.78 is 0. The number of hydrogen-bond acceptors (Lipinski definition) is 2. The highest BCUT2D eigenvalue weighted by Crippen LogP contribution is 2.01. The summed E-state index contributed by atoms with van der Waals surface area (Å²) in [5.74, 6) is -0.0352. The zero-order valence-electron chi connectivity index (χ0n) is 7.50. The summed E-state index contributed by atoms with van der Waals surface area (Å²) in [5.41, 5.74) is 0. The van der Waals surface area contributed by atoms with Gasteiger partial charge in [0.25, 0.3) is 0 Å². The summed E-state index contributed by atoms with van der Waals surface area (Å²) in [7, 11) is 1.64. The van der Waals surface area contributed by atoms with Crippen LogP contribution >= 0.6 is 0 Å². The quantitative estimate of drug-likeness (QED) is 0.565. The number of carbonyl (C=O) groups excluding carboxylic acids is 2. The molecule has 11 heavy (non-hydrogen) atoms. The molecule has 1 amide bonds. The zero-order chi connectivity index (χ0) is 9.02. The molecule has 0 bridgehead atoms. The van der Waals surface area contributed by atoms with Crippen LogP contribution in [-0.4, -0.2) is 30.2 Å². The number of likely N-dealkylation sites (N-methyl/N-ethyl adjacent to an activating group) is 1. The van der Waals surface area contributed by atoms with Crippen LogP contribution in [0.5, 0.6) is 0 Å². The summed E-state index contributed by atoms with van der Waals surface area (Å²) in [4.78, 5) is 22.9. The number of amides is 1. The summed E-state index contributed by atoms with van der Waals surface area (Å²) >= 11 is 0. The largest absolute Gasteiger partial charge is 0.336 e. The smallest absolute Gasteiger partial charge is 0.225 e. The molecule has 0 aromatic rings. The van der Waals surface area contributed by atoms with Crippen LogP contribution in [0.3, 0.4) is 0 Å². The van der Waals surface area contributed by atoms with Crippen LogP contribution < -0.4 is 0 Å². The third-order valence-corrected chi connectivity index (χ3v) is 1.65. The van der Waals surface area contributed by atoms with Gasteiger partial charge in [0.15, 0.2) is 0 Å². The Morgan fingerprint density at radius 1 is 1.36 bits per heavy atom. The van der Waals surface area contributed by atoms with Gasteiger partial charge in [0.2, 0.25) is 5.91 Å². The number of carbonyl (C=O) groups is 2. The Morgan fingerprint density at radius 2 is 1.82 bits per heavy atom. The van der Waals surface area contributed by atoms with Crippen molar-refractivity contribution in [2.45, 2.75) is 26.8 Å². The molecule has 0 aliphatic rings. The molecular weight excluding hydrogens is 142 g/mol. The van der Waals surface area contributed by atoms with E-state index >= 15 is 0 Å². The summed E-state index contributed by atoms with van der Waals surface area (Å²) in [6.07, 6.45) is 0.764. The molecule has 0 aliphatic carbocycles. The fourth-order valence-electron chi connectivity index (χ4n) is 0.699. The lowest BCUT2D eigenvalue weighted by atomic mass is 10.2. The van der Waals surface area contributed by atoms with Gasteiger partial charge in [0.1, 0.15) is 6.29 Å². The zero-order valence-corrected chi connectivity index (χ0v) is 7.50. The molecule has 3 nitrogen and oxygen atoms in total. The van der Waals surface area contributed by atoms with Crippen molar-refractivity contribution in [3.8, 4) is 0 Å². The molecule has 0 rings (SSSR count). The minimum Gasteiger partial charge on any atom is -0.336 e. The average Bonchev–Trinajstić information content (AvgIpc) is 2.00. The van der Waals surface area contributed by atoms with E-state index in [1.807, 2.05) is 13.8 Å². The molecule has 0 saturated carbocycles. The topological polar surface area (TPSA) is 37.4 Å². The molecule has 3 heteroatoms. The fourth-order valence-corrected chi connectivity index (χ4v) is 0.699. The van der Waals surface area contributed by atoms with Gasteiger partial charge in [0, 0.05) is 13.0 Å². The van der Waals surface area contributed by atoms with Gasteiger partial charge in [-0.1, -0.05) is 13.8 Å². The highest BCUT2D eigenvalue weighted by molar-refractivity contribution is 5.80. The molecule has 0 fully saturated rings. The van der Waals surface area contributed by atoms with Gasteiger partial charge in [-0.05, 0) is 6.92 Å². The maximum absolute atomic E-state index is 11.2. The average molecular weight is 157 g/mol. The van der Waals surface area contributed by atoms with Crippen molar-refractivity contribution in [2.24, 2.45) is 5.92 Å². The minimum absolute atomic E-state index is 0.00426. The van der Waals surface area contributed by atoms with Crippen LogP contribution in [0.25, 0.3) is 0 Å². The minimum atomic E-state index is -0.315. The standard InChI is InChI=1S/C8H15NO2/c1-6(2)8(11)9(4)7(3)5-10/h5-7H,1-4H3/t7-/m0/s1. The number of rotatable bonds is 3. The van der Waals surface area contributed by atoms with Crippen molar-refractivity contribution < 1.29 is 9.59 Å². The lowest BCUT2D eigenvalue weighted by Gasteiger charge is -2.22. The second kappa shape index (κ2) is 4.11. The van der Waals surface area contributed by atoms with E-state index in [2.05, 4.69) is 0 Å². The van der Waals surface area contributed by atoms with Crippen molar-refractivity contribution in [3.63, 3.8) is 0 Å². The Bertz CT molecular complexity index is 154. The maximum Gasteiger partial charge on any atom is 0.225 e. The monoisotopic (exact) mass is 157 g/mol. The third-order valence-electron chi connectivity index (χ3n) is 1.65. The van der Waals surface area contributed by atoms with E-state index in [-0.39, 0.29) is 17.9 Å². The Morgan fingerprint density at radius 3 is 2.09 bits per heavy atom. The summed E-state index contributed by atoms with van der Waals surface area (Å²) in [5, 5.41) is 0. The second-order valence-corrected chi connectivity index (χ2v) is 2.98. The first-order valence-electron chi connectivity index (χ1n) is 3.72.